The van der Waals surface area contributed by atoms with Gasteiger partial charge in [-0.1, -0.05) is 29.8 Å². The van der Waals surface area contributed by atoms with Gasteiger partial charge in [0, 0.05) is 25.7 Å². The molecular weight excluding hydrogens is 172 g/mol. The summed E-state index contributed by atoms with van der Waals surface area (Å²) in [6.07, 6.45) is 1.14. The maximum Gasteiger partial charge on any atom is 0.0234 e. The molecule has 1 aromatic rings. The molecule has 0 radical (unpaired) electrons. The molecule has 14 heavy (non-hydrogen) atoms. The van der Waals surface area contributed by atoms with Crippen molar-refractivity contribution in [1.29, 1.82) is 0 Å². The first-order valence-corrected chi connectivity index (χ1v) is 5.27. The van der Waals surface area contributed by atoms with Gasteiger partial charge in [-0.15, -0.1) is 0 Å². The van der Waals surface area contributed by atoms with Gasteiger partial charge in [0.25, 0.3) is 0 Å². The molecule has 76 valence electrons. The predicted octanol–water partition coefficient (Wildman–Crippen LogP) is 1.53. The Bertz CT molecular complexity index is 309. The molecule has 1 fully saturated rings. The van der Waals surface area contributed by atoms with Gasteiger partial charge in [-0.05, 0) is 18.9 Å². The highest BCUT2D eigenvalue weighted by Gasteiger charge is 2.18. The number of likely N-dealkylation sites (tertiary alicyclic amines) is 1. The largest absolute Gasteiger partial charge is 0.326 e. The van der Waals surface area contributed by atoms with E-state index in [2.05, 4.69) is 36.1 Å². The van der Waals surface area contributed by atoms with Crippen LogP contribution in [-0.4, -0.2) is 24.0 Å². The van der Waals surface area contributed by atoms with Crippen LogP contribution in [0.15, 0.2) is 24.3 Å². The van der Waals surface area contributed by atoms with Crippen molar-refractivity contribution in [3.63, 3.8) is 0 Å². The van der Waals surface area contributed by atoms with Crippen molar-refractivity contribution < 1.29 is 0 Å². The molecule has 1 atom stereocenters. The zero-order chi connectivity index (χ0) is 9.97. The van der Waals surface area contributed by atoms with Gasteiger partial charge in [-0.3, -0.25) is 4.90 Å². The monoisotopic (exact) mass is 190 g/mol. The lowest BCUT2D eigenvalue weighted by atomic mass is 10.1. The molecule has 0 bridgehead atoms. The Labute approximate surface area is 85.7 Å². The molecule has 0 spiro atoms. The highest BCUT2D eigenvalue weighted by molar-refractivity contribution is 5.22. The van der Waals surface area contributed by atoms with Crippen LogP contribution in [0.3, 0.4) is 0 Å². The topological polar surface area (TPSA) is 29.3 Å². The van der Waals surface area contributed by atoms with E-state index in [-0.39, 0.29) is 0 Å². The van der Waals surface area contributed by atoms with Crippen LogP contribution in [0.1, 0.15) is 17.5 Å². The van der Waals surface area contributed by atoms with E-state index in [4.69, 9.17) is 5.73 Å². The lowest BCUT2D eigenvalue weighted by Crippen LogP contribution is -2.26. The van der Waals surface area contributed by atoms with E-state index in [0.29, 0.717) is 6.04 Å². The molecule has 2 N–H and O–H groups in total. The second-order valence-corrected chi connectivity index (χ2v) is 4.27. The van der Waals surface area contributed by atoms with Crippen LogP contribution in [0.4, 0.5) is 0 Å². The minimum Gasteiger partial charge on any atom is -0.326 e. The summed E-state index contributed by atoms with van der Waals surface area (Å²) in [5.74, 6) is 0. The third kappa shape index (κ3) is 2.34. The molecule has 0 amide bonds. The Balaban J connectivity index is 1.97. The van der Waals surface area contributed by atoms with E-state index >= 15 is 0 Å². The van der Waals surface area contributed by atoms with Gasteiger partial charge in [0.15, 0.2) is 0 Å². The van der Waals surface area contributed by atoms with Crippen molar-refractivity contribution >= 4 is 0 Å². The number of aryl methyl sites for hydroxylation is 1. The van der Waals surface area contributed by atoms with Crippen LogP contribution in [0.25, 0.3) is 0 Å². The van der Waals surface area contributed by atoms with Crippen LogP contribution in [-0.2, 0) is 6.54 Å². The summed E-state index contributed by atoms with van der Waals surface area (Å²) in [7, 11) is 0. The van der Waals surface area contributed by atoms with Gasteiger partial charge in [0.2, 0.25) is 0 Å². The molecule has 1 aromatic carbocycles. The summed E-state index contributed by atoms with van der Waals surface area (Å²) in [6, 6.07) is 9.10. The summed E-state index contributed by atoms with van der Waals surface area (Å²) >= 11 is 0. The number of rotatable bonds is 2. The van der Waals surface area contributed by atoms with Gasteiger partial charge in [0.1, 0.15) is 0 Å². The molecule has 1 aliphatic rings. The standard InChI is InChI=1S/C12H18N2/c1-10-3-2-4-11(7-10)8-14-6-5-12(13)9-14/h2-4,7,12H,5-6,8-9,13H2,1H3/t12-/m1/s1. The third-order valence-electron chi connectivity index (χ3n) is 2.80. The van der Waals surface area contributed by atoms with Gasteiger partial charge in [-0.25, -0.2) is 0 Å². The highest BCUT2D eigenvalue weighted by Crippen LogP contribution is 2.12. The van der Waals surface area contributed by atoms with E-state index in [1.165, 1.54) is 11.1 Å². The van der Waals surface area contributed by atoms with Crippen molar-refractivity contribution in [2.75, 3.05) is 13.1 Å². The summed E-state index contributed by atoms with van der Waals surface area (Å²) < 4.78 is 0. The number of hydrogen-bond acceptors (Lipinski definition) is 2. The summed E-state index contributed by atoms with van der Waals surface area (Å²) in [4.78, 5) is 2.43. The van der Waals surface area contributed by atoms with E-state index in [0.717, 1.165) is 26.1 Å². The van der Waals surface area contributed by atoms with Gasteiger partial charge >= 0.3 is 0 Å². The average molecular weight is 190 g/mol. The van der Waals surface area contributed by atoms with E-state index in [1.54, 1.807) is 0 Å². The lowest BCUT2D eigenvalue weighted by molar-refractivity contribution is 0.327. The van der Waals surface area contributed by atoms with Crippen LogP contribution >= 0.6 is 0 Å². The van der Waals surface area contributed by atoms with Crippen molar-refractivity contribution in [2.24, 2.45) is 5.73 Å². The Morgan fingerprint density at radius 2 is 2.36 bits per heavy atom. The average Bonchev–Trinajstić information content (AvgIpc) is 2.51. The third-order valence-corrected chi connectivity index (χ3v) is 2.80. The predicted molar refractivity (Wildman–Crippen MR) is 59.0 cm³/mol. The first-order valence-electron chi connectivity index (χ1n) is 5.27. The summed E-state index contributed by atoms with van der Waals surface area (Å²) in [5, 5.41) is 0. The van der Waals surface area contributed by atoms with Crippen molar-refractivity contribution in [3.8, 4) is 0 Å². The quantitative estimate of drug-likeness (QED) is 0.766. The molecule has 1 aliphatic heterocycles. The first kappa shape index (κ1) is 9.69. The smallest absolute Gasteiger partial charge is 0.0234 e. The van der Waals surface area contributed by atoms with Crippen molar-refractivity contribution in [1.82, 2.24) is 4.90 Å². The molecule has 0 saturated carbocycles. The highest BCUT2D eigenvalue weighted by atomic mass is 15.2. The zero-order valence-electron chi connectivity index (χ0n) is 8.74. The fourth-order valence-electron chi connectivity index (χ4n) is 2.07. The number of benzene rings is 1. The minimum atomic E-state index is 0.389. The number of nitrogens with two attached hydrogens (primary N) is 1. The van der Waals surface area contributed by atoms with Gasteiger partial charge < -0.3 is 5.73 Å². The maximum atomic E-state index is 5.87. The number of nitrogens with zero attached hydrogens (tertiary/aromatic N) is 1. The Morgan fingerprint density at radius 3 is 3.00 bits per heavy atom. The van der Waals surface area contributed by atoms with Crippen LogP contribution < -0.4 is 5.73 Å². The Kier molecular flexibility index (Phi) is 2.85. The van der Waals surface area contributed by atoms with Crippen molar-refractivity contribution in [2.45, 2.75) is 25.9 Å². The van der Waals surface area contributed by atoms with Crippen LogP contribution in [0.5, 0.6) is 0 Å². The normalized spacial score (nSPS) is 22.9. The molecule has 0 unspecified atom stereocenters. The second kappa shape index (κ2) is 4.11. The van der Waals surface area contributed by atoms with E-state index < -0.39 is 0 Å². The Hall–Kier alpha value is -0.860. The second-order valence-electron chi connectivity index (χ2n) is 4.27. The van der Waals surface area contributed by atoms with Gasteiger partial charge in [0.05, 0.1) is 0 Å². The molecular formula is C12H18N2. The SMILES string of the molecule is Cc1cccc(CN2CC[C@@H](N)C2)c1. The van der Waals surface area contributed by atoms with E-state index in [9.17, 15) is 0 Å². The van der Waals surface area contributed by atoms with Crippen LogP contribution in [0, 0.1) is 6.92 Å². The fraction of sp³-hybridized carbons (Fsp3) is 0.500. The molecule has 2 heteroatoms. The molecule has 0 aliphatic carbocycles. The molecule has 1 saturated heterocycles. The first-order chi connectivity index (χ1) is 6.74. The maximum absolute atomic E-state index is 5.87. The van der Waals surface area contributed by atoms with Gasteiger partial charge in [-0.2, -0.15) is 0 Å². The zero-order valence-corrected chi connectivity index (χ0v) is 8.74. The molecule has 2 nitrogen and oxygen atoms in total. The Morgan fingerprint density at radius 1 is 1.50 bits per heavy atom. The minimum absolute atomic E-state index is 0.389. The lowest BCUT2D eigenvalue weighted by Gasteiger charge is -2.15. The number of hydrogen-bond donors (Lipinski definition) is 1. The van der Waals surface area contributed by atoms with Crippen molar-refractivity contribution in [3.05, 3.63) is 35.4 Å². The van der Waals surface area contributed by atoms with E-state index in [1.807, 2.05) is 0 Å². The molecule has 2 rings (SSSR count). The summed E-state index contributed by atoms with van der Waals surface area (Å²) in [5.41, 5.74) is 8.61. The van der Waals surface area contributed by atoms with Crippen LogP contribution in [0.2, 0.25) is 0 Å². The molecule has 0 aromatic heterocycles. The fourth-order valence-corrected chi connectivity index (χ4v) is 2.07. The summed E-state index contributed by atoms with van der Waals surface area (Å²) in [6.45, 7) is 5.39. The molecule has 1 heterocycles.